The normalized spacial score (nSPS) is 16.2. The predicted molar refractivity (Wildman–Crippen MR) is 157 cm³/mol. The third-order valence-corrected chi connectivity index (χ3v) is 7.90. The molecule has 0 unspecified atom stereocenters. The summed E-state index contributed by atoms with van der Waals surface area (Å²) < 4.78 is 4.84. The highest BCUT2D eigenvalue weighted by molar-refractivity contribution is 6.22. The summed E-state index contributed by atoms with van der Waals surface area (Å²) in [4.78, 5) is 37.2. The molecule has 1 aromatic heterocycles. The van der Waals surface area contributed by atoms with Crippen LogP contribution in [-0.4, -0.2) is 77.1 Å². The number of hydrogen-bond acceptors (Lipinski definition) is 7. The van der Waals surface area contributed by atoms with Crippen molar-refractivity contribution in [2.75, 3.05) is 38.2 Å². The number of nitrogens with one attached hydrogen (secondary N) is 1. The minimum absolute atomic E-state index is 0.0483. The van der Waals surface area contributed by atoms with Crippen molar-refractivity contribution in [3.05, 3.63) is 89.0 Å². The Morgan fingerprint density at radius 3 is 2.54 bits per heavy atom. The number of carbonyl (C=O) groups is 2. The second-order valence-corrected chi connectivity index (χ2v) is 10.5. The summed E-state index contributed by atoms with van der Waals surface area (Å²) in [6, 6.07) is 20.6. The summed E-state index contributed by atoms with van der Waals surface area (Å²) in [7, 11) is 1.33. The molecule has 0 atom stereocenters. The molecule has 0 bridgehead atoms. The number of aromatic amines is 1. The fourth-order valence-electron chi connectivity index (χ4n) is 5.73. The van der Waals surface area contributed by atoms with Gasteiger partial charge in [-0.05, 0) is 55.2 Å². The lowest BCUT2D eigenvalue weighted by atomic mass is 10.00. The molecular formula is C32H32N4O5. The third kappa shape index (κ3) is 5.33. The Morgan fingerprint density at radius 1 is 1.00 bits per heavy atom. The number of anilines is 1. The zero-order valence-electron chi connectivity index (χ0n) is 22.8. The Kier molecular flexibility index (Phi) is 7.30. The van der Waals surface area contributed by atoms with E-state index >= 15 is 0 Å². The van der Waals surface area contributed by atoms with E-state index < -0.39 is 5.97 Å². The van der Waals surface area contributed by atoms with Crippen LogP contribution in [0.25, 0.3) is 10.9 Å². The molecule has 0 radical (unpaired) electrons. The number of methoxy groups -OCH3 is 1. The van der Waals surface area contributed by atoms with Crippen molar-refractivity contribution in [1.82, 2.24) is 9.88 Å². The lowest BCUT2D eigenvalue weighted by molar-refractivity contribution is -0.120. The van der Waals surface area contributed by atoms with Crippen LogP contribution in [0, 0.1) is 0 Å². The Morgan fingerprint density at radius 2 is 1.78 bits per heavy atom. The largest absolute Gasteiger partial charge is 0.494 e. The smallest absolute Gasteiger partial charge is 0.337 e. The fourth-order valence-corrected chi connectivity index (χ4v) is 5.73. The number of H-pyrrole nitrogens is 1. The first-order valence-electron chi connectivity index (χ1n) is 13.8. The molecule has 210 valence electrons. The molecule has 3 N–H and O–H groups in total. The van der Waals surface area contributed by atoms with Crippen LogP contribution in [0.1, 0.15) is 39.9 Å². The van der Waals surface area contributed by atoms with Crippen molar-refractivity contribution in [3.8, 4) is 5.88 Å². The van der Waals surface area contributed by atoms with Gasteiger partial charge in [-0.2, -0.15) is 0 Å². The monoisotopic (exact) mass is 552 g/mol. The van der Waals surface area contributed by atoms with Gasteiger partial charge in [-0.3, -0.25) is 9.69 Å². The quantitative estimate of drug-likeness (QED) is 0.244. The molecule has 0 aliphatic carbocycles. The molecule has 6 rings (SSSR count). The molecule has 2 aliphatic heterocycles. The van der Waals surface area contributed by atoms with Gasteiger partial charge in [0.15, 0.2) is 5.88 Å². The third-order valence-electron chi connectivity index (χ3n) is 7.90. The van der Waals surface area contributed by atoms with Gasteiger partial charge in [-0.1, -0.05) is 36.4 Å². The maximum Gasteiger partial charge on any atom is 0.337 e. The molecule has 0 saturated carbocycles. The molecule has 3 heterocycles. The van der Waals surface area contributed by atoms with Gasteiger partial charge < -0.3 is 24.8 Å². The molecule has 1 saturated heterocycles. The first-order valence-corrected chi connectivity index (χ1v) is 13.8. The molecule has 1 amide bonds. The van der Waals surface area contributed by atoms with Crippen LogP contribution in [0.2, 0.25) is 0 Å². The number of amides is 1. The number of carbonyl (C=O) groups excluding carboxylic acids is 2. The number of esters is 1. The number of aliphatic imine (C=N–C) groups is 1. The molecule has 9 nitrogen and oxygen atoms in total. The van der Waals surface area contributed by atoms with Gasteiger partial charge in [0.25, 0.3) is 0 Å². The number of fused-ring (bicyclic) bond motifs is 2. The number of aromatic hydroxyl groups is 1. The predicted octanol–water partition coefficient (Wildman–Crippen LogP) is 4.18. The highest BCUT2D eigenvalue weighted by Gasteiger charge is 2.28. The van der Waals surface area contributed by atoms with E-state index in [2.05, 4.69) is 9.88 Å². The molecule has 2 aliphatic rings. The first-order chi connectivity index (χ1) is 19.9. The lowest BCUT2D eigenvalue weighted by Crippen LogP contribution is -2.43. The Balaban J connectivity index is 1.33. The molecule has 0 spiro atoms. The second kappa shape index (κ2) is 11.2. The van der Waals surface area contributed by atoms with E-state index in [4.69, 9.17) is 9.73 Å². The molecular weight excluding hydrogens is 520 g/mol. The summed E-state index contributed by atoms with van der Waals surface area (Å²) in [5.74, 6) is -0.441. The maximum absolute atomic E-state index is 13.1. The van der Waals surface area contributed by atoms with Gasteiger partial charge in [0.2, 0.25) is 5.91 Å². The average molecular weight is 553 g/mol. The molecule has 9 heteroatoms. The number of rotatable bonds is 6. The highest BCUT2D eigenvalue weighted by atomic mass is 16.5. The van der Waals surface area contributed by atoms with Crippen LogP contribution in [0.5, 0.6) is 5.88 Å². The zero-order chi connectivity index (χ0) is 28.5. The Hall–Kier alpha value is -4.47. The molecule has 41 heavy (non-hydrogen) atoms. The van der Waals surface area contributed by atoms with Crippen LogP contribution in [-0.2, 0) is 16.0 Å². The van der Waals surface area contributed by atoms with Crippen LogP contribution in [0.15, 0.2) is 71.7 Å². The fraction of sp³-hybridized carbons (Fsp3) is 0.281. The number of aliphatic hydroxyl groups excluding tert-OH is 1. The lowest BCUT2D eigenvalue weighted by Gasteiger charge is -2.30. The number of benzene rings is 3. The van der Waals surface area contributed by atoms with E-state index in [0.29, 0.717) is 54.0 Å². The number of piperidine rings is 1. The number of nitrogens with zero attached hydrogens (tertiary/aromatic N) is 3. The summed E-state index contributed by atoms with van der Waals surface area (Å²) in [6.45, 7) is 2.43. The average Bonchev–Trinajstić information content (AvgIpc) is 3.56. The maximum atomic E-state index is 13.1. The minimum Gasteiger partial charge on any atom is -0.494 e. The number of aliphatic hydroxyl groups is 1. The molecule has 4 aromatic rings. The van der Waals surface area contributed by atoms with Crippen molar-refractivity contribution in [1.29, 1.82) is 0 Å². The van der Waals surface area contributed by atoms with Crippen LogP contribution < -0.4 is 4.90 Å². The number of ether oxygens (including phenoxy) is 1. The van der Waals surface area contributed by atoms with Gasteiger partial charge in [-0.15, -0.1) is 0 Å². The van der Waals surface area contributed by atoms with Crippen LogP contribution >= 0.6 is 0 Å². The topological polar surface area (TPSA) is 118 Å². The van der Waals surface area contributed by atoms with Crippen molar-refractivity contribution in [2.24, 2.45) is 4.99 Å². The van der Waals surface area contributed by atoms with E-state index in [1.807, 2.05) is 53.4 Å². The summed E-state index contributed by atoms with van der Waals surface area (Å²) in [5, 5.41) is 21.5. The van der Waals surface area contributed by atoms with E-state index in [1.165, 1.54) is 7.11 Å². The Labute approximate surface area is 237 Å². The van der Waals surface area contributed by atoms with Crippen LogP contribution in [0.4, 0.5) is 11.4 Å². The number of likely N-dealkylation sites (tertiary alicyclic amines) is 1. The van der Waals surface area contributed by atoms with Gasteiger partial charge in [-0.25, -0.2) is 9.79 Å². The van der Waals surface area contributed by atoms with E-state index in [1.54, 1.807) is 18.2 Å². The van der Waals surface area contributed by atoms with Crippen LogP contribution in [0.3, 0.4) is 0 Å². The first kappa shape index (κ1) is 26.7. The van der Waals surface area contributed by atoms with Gasteiger partial charge in [0, 0.05) is 41.8 Å². The number of hydrogen-bond donors (Lipinski definition) is 3. The summed E-state index contributed by atoms with van der Waals surface area (Å²) in [5.41, 5.74) is 5.57. The van der Waals surface area contributed by atoms with E-state index in [0.717, 1.165) is 41.7 Å². The van der Waals surface area contributed by atoms with Crippen molar-refractivity contribution in [3.63, 3.8) is 0 Å². The van der Waals surface area contributed by atoms with Crippen molar-refractivity contribution >= 4 is 39.9 Å². The Bertz CT molecular complexity index is 1640. The van der Waals surface area contributed by atoms with Gasteiger partial charge in [0.05, 0.1) is 42.3 Å². The SMILES string of the molecule is COC(=O)c1ccc2c(C(=Nc3ccc4c(c3)CCN4C(=O)CN3CCC(O)CC3)c3ccccc3)c(O)[nH]c2c1. The summed E-state index contributed by atoms with van der Waals surface area (Å²) >= 11 is 0. The zero-order valence-corrected chi connectivity index (χ0v) is 22.8. The molecule has 3 aromatic carbocycles. The van der Waals surface area contributed by atoms with Gasteiger partial charge in [0.1, 0.15) is 0 Å². The standard InChI is InChI=1S/C32H32N4O5/c1-41-32(40)22-7-9-25-26(18-22)34-31(39)29(25)30(20-5-3-2-4-6-20)33-23-8-10-27-21(17-23)11-16-36(27)28(38)19-35-14-12-24(37)13-15-35/h2-10,17-18,24,34,37,39H,11-16,19H2,1H3. The minimum atomic E-state index is -0.458. The van der Waals surface area contributed by atoms with Crippen molar-refractivity contribution < 1.29 is 24.5 Å². The second-order valence-electron chi connectivity index (χ2n) is 10.5. The van der Waals surface area contributed by atoms with E-state index in [-0.39, 0.29) is 17.9 Å². The van der Waals surface area contributed by atoms with Gasteiger partial charge >= 0.3 is 5.97 Å². The van der Waals surface area contributed by atoms with Crippen molar-refractivity contribution in [2.45, 2.75) is 25.4 Å². The highest BCUT2D eigenvalue weighted by Crippen LogP contribution is 2.35. The van der Waals surface area contributed by atoms with E-state index in [9.17, 15) is 19.8 Å². The number of aromatic nitrogens is 1. The summed E-state index contributed by atoms with van der Waals surface area (Å²) in [6.07, 6.45) is 1.87. The molecule has 1 fully saturated rings.